The Morgan fingerprint density at radius 2 is 1.90 bits per heavy atom. The van der Waals surface area contributed by atoms with Crippen LogP contribution in [-0.2, 0) is 10.0 Å². The van der Waals surface area contributed by atoms with Crippen molar-refractivity contribution in [2.75, 3.05) is 30.3 Å². The predicted molar refractivity (Wildman–Crippen MR) is 83.5 cm³/mol. The highest BCUT2D eigenvalue weighted by Crippen LogP contribution is 2.21. The van der Waals surface area contributed by atoms with Gasteiger partial charge in [-0.2, -0.15) is 4.31 Å². The minimum Gasteiger partial charge on any atom is -0.369 e. The lowest BCUT2D eigenvalue weighted by Gasteiger charge is -2.40. The van der Waals surface area contributed by atoms with Crippen LogP contribution in [0.4, 0.5) is 5.69 Å². The molecule has 0 bridgehead atoms. The molecule has 0 aromatic heterocycles. The molecule has 0 amide bonds. The van der Waals surface area contributed by atoms with Gasteiger partial charge < -0.3 is 4.90 Å². The van der Waals surface area contributed by atoms with E-state index in [1.54, 1.807) is 4.31 Å². The lowest BCUT2D eigenvalue weighted by Crippen LogP contribution is -2.54. The first-order valence-electron chi connectivity index (χ1n) is 7.34. The van der Waals surface area contributed by atoms with Crippen molar-refractivity contribution in [2.24, 2.45) is 0 Å². The van der Waals surface area contributed by atoms with Crippen LogP contribution in [0.25, 0.3) is 0 Å². The van der Waals surface area contributed by atoms with Gasteiger partial charge in [-0.1, -0.05) is 31.5 Å². The predicted octanol–water partition coefficient (Wildman–Crippen LogP) is 2.33. The zero-order chi connectivity index (χ0) is 14.6. The van der Waals surface area contributed by atoms with Crippen LogP contribution in [0, 0.1) is 0 Å². The summed E-state index contributed by atoms with van der Waals surface area (Å²) in [7, 11) is -3.09. The number of sulfonamides is 1. The summed E-state index contributed by atoms with van der Waals surface area (Å²) in [6.07, 6.45) is 1.66. The Bertz CT molecular complexity index is 516. The largest absolute Gasteiger partial charge is 0.369 e. The molecule has 0 saturated carbocycles. The highest BCUT2D eigenvalue weighted by atomic mass is 32.2. The van der Waals surface area contributed by atoms with Gasteiger partial charge in [-0.15, -0.1) is 0 Å². The number of para-hydroxylation sites is 1. The monoisotopic (exact) mass is 296 g/mol. The molecular weight excluding hydrogens is 272 g/mol. The first-order chi connectivity index (χ1) is 9.54. The highest BCUT2D eigenvalue weighted by molar-refractivity contribution is 7.89. The summed E-state index contributed by atoms with van der Waals surface area (Å²) in [5, 5.41) is 0. The first-order valence-corrected chi connectivity index (χ1v) is 8.95. The third-order valence-electron chi connectivity index (χ3n) is 3.80. The summed E-state index contributed by atoms with van der Waals surface area (Å²) >= 11 is 0. The molecule has 1 aromatic rings. The lowest BCUT2D eigenvalue weighted by molar-refractivity contribution is 0.306. The van der Waals surface area contributed by atoms with Gasteiger partial charge in [-0.3, -0.25) is 0 Å². The summed E-state index contributed by atoms with van der Waals surface area (Å²) in [5.74, 6) is 0.277. The van der Waals surface area contributed by atoms with E-state index in [9.17, 15) is 8.42 Å². The number of benzene rings is 1. The number of hydrogen-bond acceptors (Lipinski definition) is 3. The molecule has 1 aliphatic heterocycles. The molecule has 1 aliphatic rings. The van der Waals surface area contributed by atoms with Gasteiger partial charge in [0.15, 0.2) is 0 Å². The van der Waals surface area contributed by atoms with Crippen LogP contribution in [0.1, 0.15) is 26.7 Å². The lowest BCUT2D eigenvalue weighted by atomic mass is 10.2. The fourth-order valence-corrected chi connectivity index (χ4v) is 4.53. The van der Waals surface area contributed by atoms with Crippen molar-refractivity contribution >= 4 is 15.7 Å². The van der Waals surface area contributed by atoms with Crippen molar-refractivity contribution in [3.05, 3.63) is 30.3 Å². The Kier molecular flexibility index (Phi) is 5.05. The van der Waals surface area contributed by atoms with Gasteiger partial charge in [-0.05, 0) is 25.5 Å². The maximum Gasteiger partial charge on any atom is 0.214 e. The standard InChI is InChI=1S/C15H24N2O2S/c1-3-4-12-20(18,19)17-11-10-16(13-14(17)2)15-8-6-5-7-9-15/h5-9,14H,3-4,10-13H2,1-2H3. The Hall–Kier alpha value is -1.07. The molecule has 1 atom stereocenters. The molecule has 4 nitrogen and oxygen atoms in total. The highest BCUT2D eigenvalue weighted by Gasteiger charge is 2.31. The van der Waals surface area contributed by atoms with Gasteiger partial charge in [0.05, 0.1) is 5.75 Å². The molecule has 112 valence electrons. The van der Waals surface area contributed by atoms with Crippen LogP contribution in [0.15, 0.2) is 30.3 Å². The average molecular weight is 296 g/mol. The van der Waals surface area contributed by atoms with Gasteiger partial charge in [0.1, 0.15) is 0 Å². The summed E-state index contributed by atoms with van der Waals surface area (Å²) < 4.78 is 26.3. The molecule has 0 N–H and O–H groups in total. The van der Waals surface area contributed by atoms with Crippen molar-refractivity contribution in [2.45, 2.75) is 32.7 Å². The van der Waals surface area contributed by atoms with Crippen LogP contribution < -0.4 is 4.90 Å². The van der Waals surface area contributed by atoms with E-state index < -0.39 is 10.0 Å². The van der Waals surface area contributed by atoms with Crippen LogP contribution in [0.5, 0.6) is 0 Å². The van der Waals surface area contributed by atoms with Crippen molar-refractivity contribution in [3.8, 4) is 0 Å². The summed E-state index contributed by atoms with van der Waals surface area (Å²) in [6.45, 7) is 6.13. The van der Waals surface area contributed by atoms with Crippen molar-refractivity contribution in [1.82, 2.24) is 4.31 Å². The number of piperazine rings is 1. The fraction of sp³-hybridized carbons (Fsp3) is 0.600. The topological polar surface area (TPSA) is 40.6 Å². The SMILES string of the molecule is CCCCS(=O)(=O)N1CCN(c2ccccc2)CC1C. The van der Waals surface area contributed by atoms with Crippen molar-refractivity contribution in [1.29, 1.82) is 0 Å². The van der Waals surface area contributed by atoms with E-state index in [0.29, 0.717) is 6.54 Å². The number of hydrogen-bond donors (Lipinski definition) is 0. The smallest absolute Gasteiger partial charge is 0.214 e. The first kappa shape index (κ1) is 15.3. The van der Waals surface area contributed by atoms with Crippen LogP contribution in [0.2, 0.25) is 0 Å². The molecule has 1 fully saturated rings. The number of anilines is 1. The normalized spacial score (nSPS) is 21.1. The van der Waals surface area contributed by atoms with Crippen molar-refractivity contribution < 1.29 is 8.42 Å². The van der Waals surface area contributed by atoms with Crippen LogP contribution in [-0.4, -0.2) is 44.2 Å². The summed E-state index contributed by atoms with van der Waals surface area (Å²) in [4.78, 5) is 2.26. The van der Waals surface area contributed by atoms with E-state index in [1.165, 1.54) is 5.69 Å². The number of rotatable bonds is 5. The maximum atomic E-state index is 12.3. The minimum atomic E-state index is -3.09. The number of nitrogens with zero attached hydrogens (tertiary/aromatic N) is 2. The molecule has 0 spiro atoms. The molecule has 0 aliphatic carbocycles. The Labute approximate surface area is 122 Å². The molecule has 20 heavy (non-hydrogen) atoms. The fourth-order valence-electron chi connectivity index (χ4n) is 2.67. The van der Waals surface area contributed by atoms with E-state index in [4.69, 9.17) is 0 Å². The van der Waals surface area contributed by atoms with Gasteiger partial charge in [0.2, 0.25) is 10.0 Å². The Morgan fingerprint density at radius 1 is 1.20 bits per heavy atom. The second kappa shape index (κ2) is 6.59. The molecule has 1 saturated heterocycles. The van der Waals surface area contributed by atoms with Crippen molar-refractivity contribution in [3.63, 3.8) is 0 Å². The molecule has 1 unspecified atom stereocenters. The van der Waals surface area contributed by atoms with Crippen LogP contribution in [0.3, 0.4) is 0 Å². The van der Waals surface area contributed by atoms with E-state index >= 15 is 0 Å². The minimum absolute atomic E-state index is 0.0332. The Balaban J connectivity index is 2.03. The Morgan fingerprint density at radius 3 is 2.50 bits per heavy atom. The quantitative estimate of drug-likeness (QED) is 0.837. The maximum absolute atomic E-state index is 12.3. The second-order valence-corrected chi connectivity index (χ2v) is 7.45. The zero-order valence-electron chi connectivity index (χ0n) is 12.3. The zero-order valence-corrected chi connectivity index (χ0v) is 13.1. The number of unbranched alkanes of at least 4 members (excludes halogenated alkanes) is 1. The molecule has 5 heteroatoms. The van der Waals surface area contributed by atoms with Gasteiger partial charge in [-0.25, -0.2) is 8.42 Å². The molecule has 0 radical (unpaired) electrons. The summed E-state index contributed by atoms with van der Waals surface area (Å²) in [6, 6.07) is 10.2. The molecule has 1 aromatic carbocycles. The van der Waals surface area contributed by atoms with E-state index in [2.05, 4.69) is 17.0 Å². The third-order valence-corrected chi connectivity index (χ3v) is 5.86. The average Bonchev–Trinajstić information content (AvgIpc) is 2.46. The van der Waals surface area contributed by atoms with E-state index in [-0.39, 0.29) is 11.8 Å². The second-order valence-electron chi connectivity index (χ2n) is 5.41. The van der Waals surface area contributed by atoms with Gasteiger partial charge in [0.25, 0.3) is 0 Å². The summed E-state index contributed by atoms with van der Waals surface area (Å²) in [5.41, 5.74) is 1.17. The van der Waals surface area contributed by atoms with E-state index in [1.807, 2.05) is 32.0 Å². The van der Waals surface area contributed by atoms with E-state index in [0.717, 1.165) is 25.9 Å². The molecular formula is C15H24N2O2S. The molecule has 2 rings (SSSR count). The van der Waals surface area contributed by atoms with Gasteiger partial charge in [0, 0.05) is 31.4 Å². The van der Waals surface area contributed by atoms with Crippen LogP contribution >= 0.6 is 0 Å². The third kappa shape index (κ3) is 3.52. The molecule has 1 heterocycles. The van der Waals surface area contributed by atoms with Gasteiger partial charge >= 0.3 is 0 Å².